The summed E-state index contributed by atoms with van der Waals surface area (Å²) >= 11 is 0. The molecule has 5 aliphatic rings. The summed E-state index contributed by atoms with van der Waals surface area (Å²) in [4.78, 5) is 36.9. The number of rotatable bonds is 2. The Morgan fingerprint density at radius 2 is 1.76 bits per heavy atom. The summed E-state index contributed by atoms with van der Waals surface area (Å²) < 4.78 is 17.4. The Hall–Kier alpha value is -1.47. The highest BCUT2D eigenvalue weighted by molar-refractivity contribution is 5.89. The molecule has 0 amide bonds. The van der Waals surface area contributed by atoms with Crippen LogP contribution in [0.5, 0.6) is 0 Å². The lowest BCUT2D eigenvalue weighted by molar-refractivity contribution is -0.218. The highest BCUT2D eigenvalue weighted by atomic mass is 16.6. The summed E-state index contributed by atoms with van der Waals surface area (Å²) in [6, 6.07) is 0. The normalized spacial score (nSPS) is 50.9. The van der Waals surface area contributed by atoms with Crippen molar-refractivity contribution in [3.63, 3.8) is 0 Å². The average molecular weight is 463 g/mol. The third-order valence-corrected chi connectivity index (χ3v) is 10.5. The molecule has 0 bridgehead atoms. The Balaban J connectivity index is 1.44. The van der Waals surface area contributed by atoms with Crippen LogP contribution >= 0.6 is 0 Å². The van der Waals surface area contributed by atoms with Gasteiger partial charge in [0, 0.05) is 44.4 Å². The number of ether oxygens (including phenoxy) is 3. The van der Waals surface area contributed by atoms with Crippen LogP contribution in [0.4, 0.5) is 0 Å². The van der Waals surface area contributed by atoms with Crippen molar-refractivity contribution in [2.24, 2.45) is 34.5 Å². The Morgan fingerprint density at radius 3 is 2.45 bits per heavy atom. The number of hydrogen-bond donors (Lipinski definition) is 1. The molecule has 4 aliphatic carbocycles. The van der Waals surface area contributed by atoms with E-state index in [0.717, 1.165) is 25.7 Å². The van der Waals surface area contributed by atoms with Crippen LogP contribution in [0.25, 0.3) is 0 Å². The first-order valence-electron chi connectivity index (χ1n) is 12.7. The largest absolute Gasteiger partial charge is 0.462 e. The lowest BCUT2D eigenvalue weighted by Gasteiger charge is -2.63. The minimum absolute atomic E-state index is 0.0482. The third-order valence-electron chi connectivity index (χ3n) is 10.5. The van der Waals surface area contributed by atoms with E-state index in [0.29, 0.717) is 31.8 Å². The summed E-state index contributed by atoms with van der Waals surface area (Å²) in [6.07, 6.45) is 4.99. The van der Waals surface area contributed by atoms with E-state index in [1.54, 1.807) is 0 Å². The van der Waals surface area contributed by atoms with Crippen molar-refractivity contribution < 1.29 is 33.7 Å². The van der Waals surface area contributed by atoms with E-state index in [9.17, 15) is 19.5 Å². The quantitative estimate of drug-likeness (QED) is 0.629. The van der Waals surface area contributed by atoms with Crippen LogP contribution in [-0.4, -0.2) is 53.3 Å². The maximum Gasteiger partial charge on any atom is 0.302 e. The topological polar surface area (TPSA) is 99.1 Å². The Labute approximate surface area is 195 Å². The molecule has 10 atom stereocenters. The van der Waals surface area contributed by atoms with E-state index in [1.807, 2.05) is 0 Å². The van der Waals surface area contributed by atoms with Crippen molar-refractivity contribution >= 4 is 17.7 Å². The van der Waals surface area contributed by atoms with Gasteiger partial charge in [-0.15, -0.1) is 0 Å². The van der Waals surface area contributed by atoms with Gasteiger partial charge in [-0.25, -0.2) is 0 Å². The number of carbonyl (C=O) groups excluding carboxylic acids is 3. The summed E-state index contributed by atoms with van der Waals surface area (Å²) in [5.74, 6) is 0.194. The molecule has 5 fully saturated rings. The Morgan fingerprint density at radius 1 is 1.03 bits per heavy atom. The number of hydrogen-bond acceptors (Lipinski definition) is 7. The van der Waals surface area contributed by atoms with Gasteiger partial charge < -0.3 is 19.3 Å². The molecule has 0 spiro atoms. The molecule has 0 aromatic heterocycles. The fraction of sp³-hybridized carbons (Fsp3) is 0.885. The minimum Gasteiger partial charge on any atom is -0.462 e. The molecule has 1 saturated heterocycles. The van der Waals surface area contributed by atoms with Crippen molar-refractivity contribution in [2.45, 2.75) is 103 Å². The van der Waals surface area contributed by atoms with Gasteiger partial charge in [-0.3, -0.25) is 14.4 Å². The zero-order valence-electron chi connectivity index (χ0n) is 20.3. The molecular weight excluding hydrogens is 424 g/mol. The van der Waals surface area contributed by atoms with Crippen LogP contribution in [0, 0.1) is 34.5 Å². The molecule has 1 heterocycles. The average Bonchev–Trinajstić information content (AvgIpc) is 3.03. The molecule has 1 aliphatic heterocycles. The molecule has 5 unspecified atom stereocenters. The van der Waals surface area contributed by atoms with E-state index in [-0.39, 0.29) is 59.5 Å². The molecule has 184 valence electrons. The summed E-state index contributed by atoms with van der Waals surface area (Å²) in [7, 11) is 0. The number of aliphatic hydroxyl groups is 1. The first-order valence-corrected chi connectivity index (χ1v) is 12.7. The van der Waals surface area contributed by atoms with Gasteiger partial charge in [-0.2, -0.15) is 0 Å². The van der Waals surface area contributed by atoms with Crippen LogP contribution < -0.4 is 0 Å². The van der Waals surface area contributed by atoms with Crippen molar-refractivity contribution in [1.82, 2.24) is 0 Å². The number of fused-ring (bicyclic) bond motifs is 7. The van der Waals surface area contributed by atoms with Gasteiger partial charge in [0.15, 0.2) is 5.78 Å². The zero-order valence-corrected chi connectivity index (χ0v) is 20.3. The van der Waals surface area contributed by atoms with E-state index < -0.39 is 17.1 Å². The molecular formula is C26H38O7. The first-order chi connectivity index (χ1) is 15.5. The van der Waals surface area contributed by atoms with Crippen molar-refractivity contribution in [1.29, 1.82) is 0 Å². The smallest absolute Gasteiger partial charge is 0.302 e. The van der Waals surface area contributed by atoms with Gasteiger partial charge in [0.25, 0.3) is 0 Å². The molecule has 0 radical (unpaired) electrons. The van der Waals surface area contributed by atoms with Crippen LogP contribution in [0.3, 0.4) is 0 Å². The molecule has 7 heteroatoms. The summed E-state index contributed by atoms with van der Waals surface area (Å²) in [5.41, 5.74) is -2.01. The molecule has 4 saturated carbocycles. The Kier molecular flexibility index (Phi) is 5.48. The van der Waals surface area contributed by atoms with Crippen molar-refractivity contribution in [3.05, 3.63) is 0 Å². The van der Waals surface area contributed by atoms with E-state index in [2.05, 4.69) is 13.8 Å². The van der Waals surface area contributed by atoms with Gasteiger partial charge in [-0.05, 0) is 55.3 Å². The zero-order chi connectivity index (χ0) is 23.8. The Bertz CT molecular complexity index is 856. The molecule has 1 N–H and O–H groups in total. The maximum absolute atomic E-state index is 13.6. The second-order valence-electron chi connectivity index (χ2n) is 11.9. The molecule has 0 aromatic rings. The van der Waals surface area contributed by atoms with Crippen LogP contribution in [0.2, 0.25) is 0 Å². The fourth-order valence-electron chi connectivity index (χ4n) is 9.06. The van der Waals surface area contributed by atoms with Crippen molar-refractivity contribution in [2.75, 3.05) is 6.61 Å². The monoisotopic (exact) mass is 462 g/mol. The second-order valence-corrected chi connectivity index (χ2v) is 11.9. The molecule has 7 nitrogen and oxygen atoms in total. The van der Waals surface area contributed by atoms with Crippen LogP contribution in [-0.2, 0) is 28.6 Å². The second kappa shape index (κ2) is 7.77. The first kappa shape index (κ1) is 23.3. The molecule has 5 rings (SSSR count). The fourth-order valence-corrected chi connectivity index (χ4v) is 9.06. The van der Waals surface area contributed by atoms with Gasteiger partial charge in [0.2, 0.25) is 0 Å². The third kappa shape index (κ3) is 3.32. The number of carbonyl (C=O) groups is 3. The lowest BCUT2D eigenvalue weighted by atomic mass is 9.42. The number of Topliss-reactive ketones (excluding diaryl/α,β-unsaturated/α-hetero) is 1. The van der Waals surface area contributed by atoms with Gasteiger partial charge in [-0.1, -0.05) is 13.8 Å². The lowest BCUT2D eigenvalue weighted by Crippen LogP contribution is -2.67. The number of ketones is 1. The highest BCUT2D eigenvalue weighted by Gasteiger charge is 2.70. The van der Waals surface area contributed by atoms with E-state index in [1.165, 1.54) is 13.8 Å². The van der Waals surface area contributed by atoms with Crippen LogP contribution in [0.1, 0.15) is 79.1 Å². The van der Waals surface area contributed by atoms with Crippen molar-refractivity contribution in [3.8, 4) is 0 Å². The number of esters is 2. The summed E-state index contributed by atoms with van der Waals surface area (Å²) in [5, 5.41) is 11.8. The molecule has 33 heavy (non-hydrogen) atoms. The van der Waals surface area contributed by atoms with E-state index in [4.69, 9.17) is 14.2 Å². The maximum atomic E-state index is 13.6. The predicted molar refractivity (Wildman–Crippen MR) is 118 cm³/mol. The van der Waals surface area contributed by atoms with Gasteiger partial charge in [0.1, 0.15) is 17.8 Å². The summed E-state index contributed by atoms with van der Waals surface area (Å²) in [6.45, 7) is 7.86. The SMILES string of the molecule is CC(=O)O[C@H]1CC[C@]2(C)C3CC[C@@]4(C)C(CC5OCC[C@@H](OC(C)=O)C54)C3CC(=O)[C@@]2(O)C1. The minimum atomic E-state index is -1.44. The highest BCUT2D eigenvalue weighted by Crippen LogP contribution is 2.69. The van der Waals surface area contributed by atoms with E-state index >= 15 is 0 Å². The van der Waals surface area contributed by atoms with Gasteiger partial charge in [0.05, 0.1) is 12.7 Å². The molecule has 0 aromatic carbocycles. The standard InChI is InChI=1S/C26H38O7/c1-14(27)32-16-5-9-25(4)18-6-8-24(3)19(17(18)11-22(29)26(25,30)13-16)12-21-23(24)20(7-10-31-21)33-15(2)28/h16-21,23,30H,5-13H2,1-4H3/t16-,17?,18?,19?,20+,21?,23?,24-,25+,26-/m0/s1. The van der Waals surface area contributed by atoms with Crippen LogP contribution in [0.15, 0.2) is 0 Å². The predicted octanol–water partition coefficient (Wildman–Crippen LogP) is 3.20. The van der Waals surface area contributed by atoms with Gasteiger partial charge >= 0.3 is 11.9 Å².